The fourth-order valence-electron chi connectivity index (χ4n) is 2.34. The minimum absolute atomic E-state index is 0.187. The number of carbonyl (C=O) groups is 1. The number of aromatic nitrogens is 2. The summed E-state index contributed by atoms with van der Waals surface area (Å²) >= 11 is 0. The molecule has 3 rings (SSSR count). The maximum absolute atomic E-state index is 13.0. The molecule has 0 saturated heterocycles. The minimum Gasteiger partial charge on any atom is -0.451 e. The van der Waals surface area contributed by atoms with Crippen LogP contribution in [0.15, 0.2) is 53.1 Å². The molecule has 0 fully saturated rings. The zero-order valence-electron chi connectivity index (χ0n) is 13.5. The van der Waals surface area contributed by atoms with Crippen LogP contribution in [-0.2, 0) is 6.54 Å². The molecular formula is C18H18FN3O2. The highest BCUT2D eigenvalue weighted by Gasteiger charge is 2.15. The lowest BCUT2D eigenvalue weighted by Crippen LogP contribution is -2.16. The molecule has 2 heterocycles. The highest BCUT2D eigenvalue weighted by atomic mass is 19.1. The molecule has 0 unspecified atom stereocenters. The SMILES string of the molecule is CC(C)Cn1nccc1NC(=O)c1ccc(-c2ccc(F)cc2)o1. The lowest BCUT2D eigenvalue weighted by atomic mass is 10.2. The molecule has 3 aromatic rings. The molecule has 0 bridgehead atoms. The van der Waals surface area contributed by atoms with Crippen molar-refractivity contribution in [3.63, 3.8) is 0 Å². The second-order valence-electron chi connectivity index (χ2n) is 5.92. The summed E-state index contributed by atoms with van der Waals surface area (Å²) in [5.74, 6) is 1.06. The summed E-state index contributed by atoms with van der Waals surface area (Å²) in [5, 5.41) is 6.99. The van der Waals surface area contributed by atoms with Gasteiger partial charge >= 0.3 is 0 Å². The van der Waals surface area contributed by atoms with Crippen LogP contribution < -0.4 is 5.32 Å². The minimum atomic E-state index is -0.353. The average Bonchev–Trinajstić information content (AvgIpc) is 3.18. The van der Waals surface area contributed by atoms with Gasteiger partial charge in [0.15, 0.2) is 5.76 Å². The van der Waals surface area contributed by atoms with Gasteiger partial charge in [-0.05, 0) is 42.3 Å². The molecule has 124 valence electrons. The maximum atomic E-state index is 13.0. The van der Waals surface area contributed by atoms with Gasteiger partial charge in [-0.15, -0.1) is 0 Å². The van der Waals surface area contributed by atoms with Crippen molar-refractivity contribution >= 4 is 11.7 Å². The van der Waals surface area contributed by atoms with E-state index < -0.39 is 0 Å². The highest BCUT2D eigenvalue weighted by Crippen LogP contribution is 2.23. The summed E-state index contributed by atoms with van der Waals surface area (Å²) in [4.78, 5) is 12.3. The summed E-state index contributed by atoms with van der Waals surface area (Å²) < 4.78 is 20.3. The molecule has 5 nitrogen and oxygen atoms in total. The van der Waals surface area contributed by atoms with E-state index >= 15 is 0 Å². The number of benzene rings is 1. The third-order valence-corrected chi connectivity index (χ3v) is 3.45. The molecule has 0 aliphatic heterocycles. The summed E-state index contributed by atoms with van der Waals surface area (Å²) in [7, 11) is 0. The zero-order chi connectivity index (χ0) is 17.1. The van der Waals surface area contributed by atoms with Gasteiger partial charge in [0.05, 0.1) is 6.20 Å². The van der Waals surface area contributed by atoms with Crippen molar-refractivity contribution in [1.29, 1.82) is 0 Å². The highest BCUT2D eigenvalue weighted by molar-refractivity contribution is 6.02. The number of halogens is 1. The Morgan fingerprint density at radius 3 is 2.67 bits per heavy atom. The van der Waals surface area contributed by atoms with Crippen LogP contribution in [0.5, 0.6) is 0 Å². The number of hydrogen-bond donors (Lipinski definition) is 1. The fraction of sp³-hybridized carbons (Fsp3) is 0.222. The molecule has 0 aliphatic carbocycles. The smallest absolute Gasteiger partial charge is 0.292 e. The molecule has 24 heavy (non-hydrogen) atoms. The van der Waals surface area contributed by atoms with Crippen molar-refractivity contribution < 1.29 is 13.6 Å². The number of furan rings is 1. The standard InChI is InChI=1S/C18H18FN3O2/c1-12(2)11-22-17(9-10-20-22)21-18(23)16-8-7-15(24-16)13-3-5-14(19)6-4-13/h3-10,12H,11H2,1-2H3,(H,21,23). The number of nitrogens with one attached hydrogen (secondary N) is 1. The molecular weight excluding hydrogens is 309 g/mol. The molecule has 0 atom stereocenters. The molecule has 0 saturated carbocycles. The number of anilines is 1. The van der Waals surface area contributed by atoms with Crippen LogP contribution in [0.25, 0.3) is 11.3 Å². The van der Waals surface area contributed by atoms with E-state index in [0.29, 0.717) is 29.6 Å². The summed E-state index contributed by atoms with van der Waals surface area (Å²) in [6.07, 6.45) is 1.64. The number of carbonyl (C=O) groups excluding carboxylic acids is 1. The Morgan fingerprint density at radius 1 is 1.21 bits per heavy atom. The van der Waals surface area contributed by atoms with Crippen molar-refractivity contribution in [3.8, 4) is 11.3 Å². The number of rotatable bonds is 5. The first-order valence-electron chi connectivity index (χ1n) is 7.72. The number of nitrogens with zero attached hydrogens (tertiary/aromatic N) is 2. The van der Waals surface area contributed by atoms with E-state index in [9.17, 15) is 9.18 Å². The predicted octanol–water partition coefficient (Wildman–Crippen LogP) is 4.19. The molecule has 0 radical (unpaired) electrons. The van der Waals surface area contributed by atoms with E-state index in [1.165, 1.54) is 12.1 Å². The maximum Gasteiger partial charge on any atom is 0.292 e. The molecule has 2 aromatic heterocycles. The van der Waals surface area contributed by atoms with Crippen LogP contribution in [0.4, 0.5) is 10.2 Å². The van der Waals surface area contributed by atoms with Crippen LogP contribution >= 0.6 is 0 Å². The first kappa shape index (κ1) is 16.0. The third kappa shape index (κ3) is 3.53. The van der Waals surface area contributed by atoms with Gasteiger partial charge in [-0.3, -0.25) is 4.79 Å². The zero-order valence-corrected chi connectivity index (χ0v) is 13.5. The van der Waals surface area contributed by atoms with Crippen LogP contribution in [0, 0.1) is 11.7 Å². The Hall–Kier alpha value is -2.89. The lowest BCUT2D eigenvalue weighted by molar-refractivity contribution is 0.0996. The molecule has 1 aromatic carbocycles. The normalized spacial score (nSPS) is 11.0. The Balaban J connectivity index is 1.75. The first-order chi connectivity index (χ1) is 11.5. The Kier molecular flexibility index (Phi) is 4.46. The number of hydrogen-bond acceptors (Lipinski definition) is 3. The van der Waals surface area contributed by atoms with E-state index in [0.717, 1.165) is 0 Å². The van der Waals surface area contributed by atoms with E-state index in [1.54, 1.807) is 41.2 Å². The van der Waals surface area contributed by atoms with E-state index in [4.69, 9.17) is 4.42 Å². The molecule has 0 aliphatic rings. The molecule has 6 heteroatoms. The second kappa shape index (κ2) is 6.70. The van der Waals surface area contributed by atoms with Gasteiger partial charge in [0, 0.05) is 18.2 Å². The van der Waals surface area contributed by atoms with Gasteiger partial charge in [0.1, 0.15) is 17.4 Å². The molecule has 0 spiro atoms. The summed E-state index contributed by atoms with van der Waals surface area (Å²) in [6, 6.07) is 10.9. The first-order valence-corrected chi connectivity index (χ1v) is 7.72. The quantitative estimate of drug-likeness (QED) is 0.764. The van der Waals surface area contributed by atoms with E-state index in [-0.39, 0.29) is 17.5 Å². The summed E-state index contributed by atoms with van der Waals surface area (Å²) in [6.45, 7) is 4.87. The molecule has 1 N–H and O–H groups in total. The van der Waals surface area contributed by atoms with Crippen LogP contribution in [0.1, 0.15) is 24.4 Å². The second-order valence-corrected chi connectivity index (χ2v) is 5.92. The number of amides is 1. The van der Waals surface area contributed by atoms with Crippen LogP contribution in [0.2, 0.25) is 0 Å². The average molecular weight is 327 g/mol. The largest absolute Gasteiger partial charge is 0.451 e. The Labute approximate surface area is 139 Å². The van der Waals surface area contributed by atoms with Crippen molar-refractivity contribution in [3.05, 3.63) is 60.2 Å². The Morgan fingerprint density at radius 2 is 1.96 bits per heavy atom. The molecule has 1 amide bonds. The van der Waals surface area contributed by atoms with Gasteiger partial charge in [-0.25, -0.2) is 9.07 Å². The van der Waals surface area contributed by atoms with Gasteiger partial charge < -0.3 is 9.73 Å². The lowest BCUT2D eigenvalue weighted by Gasteiger charge is -2.10. The van der Waals surface area contributed by atoms with Gasteiger partial charge in [-0.1, -0.05) is 13.8 Å². The van der Waals surface area contributed by atoms with E-state index in [2.05, 4.69) is 24.3 Å². The fourth-order valence-corrected chi connectivity index (χ4v) is 2.34. The van der Waals surface area contributed by atoms with Gasteiger partial charge in [0.2, 0.25) is 0 Å². The van der Waals surface area contributed by atoms with Crippen molar-refractivity contribution in [2.24, 2.45) is 5.92 Å². The Bertz CT molecular complexity index is 834. The van der Waals surface area contributed by atoms with Crippen molar-refractivity contribution in [1.82, 2.24) is 9.78 Å². The van der Waals surface area contributed by atoms with Crippen LogP contribution in [-0.4, -0.2) is 15.7 Å². The predicted molar refractivity (Wildman–Crippen MR) is 89.1 cm³/mol. The van der Waals surface area contributed by atoms with E-state index in [1.807, 2.05) is 0 Å². The van der Waals surface area contributed by atoms with Crippen molar-refractivity contribution in [2.75, 3.05) is 5.32 Å². The topological polar surface area (TPSA) is 60.1 Å². The van der Waals surface area contributed by atoms with Crippen LogP contribution in [0.3, 0.4) is 0 Å². The van der Waals surface area contributed by atoms with Gasteiger partial charge in [-0.2, -0.15) is 5.10 Å². The summed E-state index contributed by atoms with van der Waals surface area (Å²) in [5.41, 5.74) is 0.709. The monoisotopic (exact) mass is 327 g/mol. The van der Waals surface area contributed by atoms with Gasteiger partial charge in [0.25, 0.3) is 5.91 Å². The van der Waals surface area contributed by atoms with Crippen molar-refractivity contribution in [2.45, 2.75) is 20.4 Å². The third-order valence-electron chi connectivity index (χ3n) is 3.45.